The molecule has 3 rings (SSSR count). The summed E-state index contributed by atoms with van der Waals surface area (Å²) < 4.78 is 7.47. The Hall–Kier alpha value is -2.18. The van der Waals surface area contributed by atoms with Gasteiger partial charge >= 0.3 is 5.97 Å². The smallest absolute Gasteiger partial charge is 0.320 e. The lowest BCUT2D eigenvalue weighted by molar-refractivity contribution is -0.138. The Morgan fingerprint density at radius 1 is 1.43 bits per heavy atom. The largest absolute Gasteiger partial charge is 0.480 e. The third-order valence-electron chi connectivity index (χ3n) is 4.73. The van der Waals surface area contributed by atoms with E-state index in [2.05, 4.69) is 16.5 Å². The lowest BCUT2D eigenvalue weighted by Gasteiger charge is -2.16. The zero-order valence-electron chi connectivity index (χ0n) is 15.1. The van der Waals surface area contributed by atoms with E-state index in [1.165, 1.54) is 12.5 Å². The number of aliphatic hydroxyl groups excluding tert-OH is 2. The van der Waals surface area contributed by atoms with Gasteiger partial charge in [0.2, 0.25) is 0 Å². The minimum atomic E-state index is -1.18. The molecule has 3 heterocycles. The molecule has 0 amide bonds. The highest BCUT2D eigenvalue weighted by Gasteiger charge is 2.46. The quantitative estimate of drug-likeness (QED) is 0.349. The Morgan fingerprint density at radius 3 is 2.86 bits per heavy atom. The number of carbonyl (C=O) groups is 1. The van der Waals surface area contributed by atoms with Crippen molar-refractivity contribution in [1.82, 2.24) is 14.5 Å². The number of imidazole rings is 1. The first-order chi connectivity index (χ1) is 13.3. The minimum absolute atomic E-state index is 0.286. The van der Waals surface area contributed by atoms with Crippen molar-refractivity contribution in [3.8, 4) is 0 Å². The van der Waals surface area contributed by atoms with Gasteiger partial charge in [-0.15, -0.1) is 0 Å². The predicted octanol–water partition coefficient (Wildman–Crippen LogP) is -0.803. The van der Waals surface area contributed by atoms with E-state index in [9.17, 15) is 15.0 Å². The fraction of sp³-hybridized carbons (Fsp3) is 0.471. The van der Waals surface area contributed by atoms with Gasteiger partial charge in [0.15, 0.2) is 11.9 Å². The van der Waals surface area contributed by atoms with Crippen LogP contribution >= 0.6 is 0 Å². The molecule has 1 saturated heterocycles. The van der Waals surface area contributed by atoms with Gasteiger partial charge in [0, 0.05) is 23.5 Å². The second-order valence-corrected chi connectivity index (χ2v) is 8.73. The minimum Gasteiger partial charge on any atom is -0.480 e. The average molecular weight is 410 g/mol. The van der Waals surface area contributed by atoms with Gasteiger partial charge in [-0.2, -0.15) is 0 Å². The molecule has 0 saturated carbocycles. The number of rotatable bonds is 8. The van der Waals surface area contributed by atoms with Gasteiger partial charge in [0.1, 0.15) is 46.8 Å². The van der Waals surface area contributed by atoms with E-state index in [1.54, 1.807) is 16.0 Å². The van der Waals surface area contributed by atoms with E-state index in [0.29, 0.717) is 28.4 Å². The van der Waals surface area contributed by atoms with Crippen LogP contribution in [0.25, 0.3) is 11.2 Å². The van der Waals surface area contributed by atoms with Gasteiger partial charge in [-0.05, 0) is 6.07 Å². The van der Waals surface area contributed by atoms with Crippen LogP contribution < -0.4 is 11.5 Å². The number of nitrogen functional groups attached to an aromatic ring is 1. The molecule has 152 valence electrons. The second kappa shape index (κ2) is 8.45. The topological polar surface area (TPSA) is 170 Å². The van der Waals surface area contributed by atoms with Gasteiger partial charge in [-0.25, -0.2) is 9.97 Å². The number of hydrogen-bond acceptors (Lipinski definition) is 8. The summed E-state index contributed by atoms with van der Waals surface area (Å²) in [5.74, 6) is -0.151. The first-order valence-electron chi connectivity index (χ1n) is 8.69. The maximum Gasteiger partial charge on any atom is 0.320 e. The molecular weight excluding hydrogens is 386 g/mol. The van der Waals surface area contributed by atoms with Crippen molar-refractivity contribution in [2.75, 3.05) is 17.2 Å². The molecule has 0 aromatic carbocycles. The third kappa shape index (κ3) is 3.98. The Bertz CT molecular complexity index is 862. The highest BCUT2D eigenvalue weighted by Crippen LogP contribution is 2.33. The maximum atomic E-state index is 10.9. The standard InChI is InChI=1S/C17H23N5O5S/c1-2-28(6-4-10(19)17(25)26)7-11-13(23)14(24)16(27-11)22-8-21-12-9(18)3-5-20-15(12)22/h2-3,5,8,10-11,13-14,16,23-24H,1,4,6-7,19H2,(H2-,18,20,25,26)/p+1/t10?,11-,13?,14+,16-,28?/m1/s1. The van der Waals surface area contributed by atoms with Gasteiger partial charge < -0.3 is 31.5 Å². The summed E-state index contributed by atoms with van der Waals surface area (Å²) in [5.41, 5.74) is 12.8. The van der Waals surface area contributed by atoms with Crippen molar-refractivity contribution in [3.05, 3.63) is 30.6 Å². The molecule has 2 aromatic rings. The van der Waals surface area contributed by atoms with Crippen LogP contribution in [0.15, 0.2) is 30.6 Å². The van der Waals surface area contributed by atoms with E-state index in [0.717, 1.165) is 0 Å². The zero-order valence-corrected chi connectivity index (χ0v) is 15.9. The van der Waals surface area contributed by atoms with Crippen molar-refractivity contribution < 1.29 is 24.9 Å². The van der Waals surface area contributed by atoms with Gasteiger partial charge in [-0.1, -0.05) is 6.58 Å². The van der Waals surface area contributed by atoms with Crippen LogP contribution in [0.1, 0.15) is 12.6 Å². The van der Waals surface area contributed by atoms with Crippen molar-refractivity contribution in [2.45, 2.75) is 37.0 Å². The highest BCUT2D eigenvalue weighted by molar-refractivity contribution is 7.99. The summed E-state index contributed by atoms with van der Waals surface area (Å²) in [7, 11) is -0.423. The Balaban J connectivity index is 1.72. The van der Waals surface area contributed by atoms with Gasteiger partial charge in [-0.3, -0.25) is 9.36 Å². The number of aliphatic hydroxyl groups is 2. The Morgan fingerprint density at radius 2 is 2.18 bits per heavy atom. The van der Waals surface area contributed by atoms with E-state index in [1.807, 2.05) is 0 Å². The van der Waals surface area contributed by atoms with Gasteiger partial charge in [0.25, 0.3) is 0 Å². The molecule has 7 N–H and O–H groups in total. The molecule has 0 bridgehead atoms. The molecule has 1 aliphatic rings. The highest BCUT2D eigenvalue weighted by atomic mass is 32.2. The number of aliphatic carboxylic acids is 1. The van der Waals surface area contributed by atoms with Crippen LogP contribution in [0, 0.1) is 0 Å². The van der Waals surface area contributed by atoms with Gasteiger partial charge in [0.05, 0.1) is 12.0 Å². The fourth-order valence-electron chi connectivity index (χ4n) is 3.08. The van der Waals surface area contributed by atoms with Crippen LogP contribution in [0.4, 0.5) is 5.69 Å². The second-order valence-electron chi connectivity index (χ2n) is 6.58. The Labute approximate surface area is 164 Å². The number of aromatic nitrogens is 3. The number of pyridine rings is 1. The number of ether oxygens (including phenoxy) is 1. The first-order valence-corrected chi connectivity index (χ1v) is 10.3. The molecule has 2 aromatic heterocycles. The fourth-order valence-corrected chi connectivity index (χ4v) is 4.81. The van der Waals surface area contributed by atoms with Crippen LogP contribution in [-0.4, -0.2) is 71.7 Å². The molecule has 0 radical (unpaired) electrons. The number of fused-ring (bicyclic) bond motifs is 1. The predicted molar refractivity (Wildman–Crippen MR) is 105 cm³/mol. The van der Waals surface area contributed by atoms with E-state index < -0.39 is 47.4 Å². The molecule has 0 aliphatic carbocycles. The monoisotopic (exact) mass is 410 g/mol. The molecule has 3 unspecified atom stereocenters. The number of hydrogen-bond donors (Lipinski definition) is 5. The van der Waals surface area contributed by atoms with Crippen molar-refractivity contribution >= 4 is 33.7 Å². The number of nitrogens with zero attached hydrogens (tertiary/aromatic N) is 3. The zero-order chi connectivity index (χ0) is 20.4. The van der Waals surface area contributed by atoms with Crippen LogP contribution in [0.3, 0.4) is 0 Å². The molecule has 6 atom stereocenters. The normalized spacial score (nSPS) is 27.0. The number of anilines is 1. The molecule has 0 spiro atoms. The van der Waals surface area contributed by atoms with Crippen molar-refractivity contribution in [2.24, 2.45) is 5.73 Å². The average Bonchev–Trinajstić information content (AvgIpc) is 3.21. The van der Waals surface area contributed by atoms with Crippen LogP contribution in [-0.2, 0) is 20.4 Å². The summed E-state index contributed by atoms with van der Waals surface area (Å²) in [5, 5.41) is 31.6. The lowest BCUT2D eigenvalue weighted by Crippen LogP contribution is -2.37. The summed E-state index contributed by atoms with van der Waals surface area (Å²) in [6, 6.07) is 0.678. The van der Waals surface area contributed by atoms with E-state index in [-0.39, 0.29) is 6.42 Å². The summed E-state index contributed by atoms with van der Waals surface area (Å²) in [6.45, 7) is 3.77. The van der Waals surface area contributed by atoms with E-state index >= 15 is 0 Å². The molecule has 28 heavy (non-hydrogen) atoms. The molecular formula is C17H24N5O5S+. The molecule has 1 fully saturated rings. The molecule has 10 nitrogen and oxygen atoms in total. The van der Waals surface area contributed by atoms with Crippen molar-refractivity contribution in [1.29, 1.82) is 0 Å². The van der Waals surface area contributed by atoms with E-state index in [4.69, 9.17) is 21.3 Å². The SMILES string of the molecule is C=C[S+](CCC(N)C(=O)O)C[C@H]1O[C@@H](n2cnc3c(N)ccnc32)[C@@H](O)C1O. The summed E-state index contributed by atoms with van der Waals surface area (Å²) in [4.78, 5) is 19.3. The molecule has 11 heteroatoms. The van der Waals surface area contributed by atoms with Crippen LogP contribution in [0.2, 0.25) is 0 Å². The third-order valence-corrected chi connectivity index (χ3v) is 6.71. The summed E-state index contributed by atoms with van der Waals surface area (Å²) >= 11 is 0. The van der Waals surface area contributed by atoms with Crippen molar-refractivity contribution in [3.63, 3.8) is 0 Å². The number of carboxylic acids is 1. The van der Waals surface area contributed by atoms with Crippen LogP contribution in [0.5, 0.6) is 0 Å². The summed E-state index contributed by atoms with van der Waals surface area (Å²) in [6.07, 6.45) is -0.526. The number of nitrogens with two attached hydrogens (primary N) is 2. The lowest BCUT2D eigenvalue weighted by atomic mass is 10.1. The maximum absolute atomic E-state index is 10.9. The molecule has 1 aliphatic heterocycles. The number of carboxylic acid groups (broad SMARTS) is 1. The first kappa shape index (κ1) is 20.6. The Kier molecular flexibility index (Phi) is 6.20.